The molecule has 0 spiro atoms. The highest BCUT2D eigenvalue weighted by molar-refractivity contribution is 6.29. The fourth-order valence-corrected chi connectivity index (χ4v) is 2.48. The molecule has 7 heteroatoms. The highest BCUT2D eigenvalue weighted by atomic mass is 35.5. The topological polar surface area (TPSA) is 74.5 Å². The zero-order chi connectivity index (χ0) is 17.8. The van der Waals surface area contributed by atoms with Gasteiger partial charge in [0.15, 0.2) is 0 Å². The van der Waals surface area contributed by atoms with Crippen molar-refractivity contribution in [2.75, 3.05) is 5.32 Å². The van der Waals surface area contributed by atoms with Crippen molar-refractivity contribution in [3.05, 3.63) is 70.9 Å². The number of pyridine rings is 1. The molecule has 124 valence electrons. The van der Waals surface area contributed by atoms with E-state index in [4.69, 9.17) is 16.9 Å². The molecule has 2 heterocycles. The van der Waals surface area contributed by atoms with Crippen LogP contribution in [-0.4, -0.2) is 15.0 Å². The molecule has 25 heavy (non-hydrogen) atoms. The molecule has 0 aliphatic carbocycles. The average Bonchev–Trinajstić information content (AvgIpc) is 2.61. The zero-order valence-corrected chi connectivity index (χ0v) is 14.0. The molecule has 3 aromatic rings. The number of hydrogen-bond acceptors (Lipinski definition) is 5. The first-order valence-corrected chi connectivity index (χ1v) is 7.85. The lowest BCUT2D eigenvalue weighted by atomic mass is 10.1. The van der Waals surface area contributed by atoms with Crippen LogP contribution >= 0.6 is 11.6 Å². The Morgan fingerprint density at radius 2 is 1.92 bits per heavy atom. The maximum atomic E-state index is 13.0. The molecule has 1 aromatic carbocycles. The van der Waals surface area contributed by atoms with E-state index in [1.165, 1.54) is 18.3 Å². The van der Waals surface area contributed by atoms with Gasteiger partial charge in [0.25, 0.3) is 0 Å². The van der Waals surface area contributed by atoms with Crippen LogP contribution in [0.15, 0.2) is 48.8 Å². The molecule has 5 nitrogen and oxygen atoms in total. The van der Waals surface area contributed by atoms with Gasteiger partial charge in [0.05, 0.1) is 17.3 Å². The zero-order valence-electron chi connectivity index (χ0n) is 13.2. The third-order valence-corrected chi connectivity index (χ3v) is 3.77. The summed E-state index contributed by atoms with van der Waals surface area (Å²) in [5.74, 6) is 0.0452. The second-order valence-corrected chi connectivity index (χ2v) is 5.78. The summed E-state index contributed by atoms with van der Waals surface area (Å²) in [6.07, 6.45) is 3.08. The lowest BCUT2D eigenvalue weighted by molar-refractivity contribution is 0.626. The number of nitriles is 1. The van der Waals surface area contributed by atoms with Crippen molar-refractivity contribution >= 4 is 17.5 Å². The van der Waals surface area contributed by atoms with Crippen LogP contribution in [0, 0.1) is 17.1 Å². The SMILES string of the molecule is C[C@H](Nc1nc(Cl)cc(-c2cncc(C#N)c2)n1)c1ccc(F)cc1. The molecule has 0 fully saturated rings. The quantitative estimate of drug-likeness (QED) is 0.705. The van der Waals surface area contributed by atoms with E-state index in [2.05, 4.69) is 20.3 Å². The maximum Gasteiger partial charge on any atom is 0.225 e. The Balaban J connectivity index is 1.89. The van der Waals surface area contributed by atoms with Crippen LogP contribution < -0.4 is 5.32 Å². The van der Waals surface area contributed by atoms with Gasteiger partial charge in [0, 0.05) is 24.0 Å². The molecule has 2 aromatic heterocycles. The Bertz CT molecular complexity index is 937. The van der Waals surface area contributed by atoms with Crippen molar-refractivity contribution in [3.8, 4) is 17.3 Å². The van der Waals surface area contributed by atoms with Gasteiger partial charge < -0.3 is 5.32 Å². The standard InChI is InChI=1S/C18H13ClFN5/c1-11(13-2-4-15(20)5-3-13)23-18-24-16(7-17(19)25-18)14-6-12(8-21)9-22-10-14/h2-7,9-11H,1H3,(H,23,24,25)/t11-/m0/s1. The largest absolute Gasteiger partial charge is 0.348 e. The second kappa shape index (κ2) is 7.24. The van der Waals surface area contributed by atoms with Crippen LogP contribution in [0.2, 0.25) is 5.15 Å². The summed E-state index contributed by atoms with van der Waals surface area (Å²) in [5.41, 5.74) is 2.54. The highest BCUT2D eigenvalue weighted by Gasteiger charge is 2.11. The number of hydrogen-bond donors (Lipinski definition) is 1. The number of rotatable bonds is 4. The molecule has 1 N–H and O–H groups in total. The Hall–Kier alpha value is -3.04. The molecule has 0 saturated heterocycles. The molecule has 0 bridgehead atoms. The summed E-state index contributed by atoms with van der Waals surface area (Å²) < 4.78 is 13.0. The highest BCUT2D eigenvalue weighted by Crippen LogP contribution is 2.24. The first-order valence-electron chi connectivity index (χ1n) is 7.47. The van der Waals surface area contributed by atoms with E-state index in [-0.39, 0.29) is 17.0 Å². The monoisotopic (exact) mass is 353 g/mol. The minimum atomic E-state index is -0.290. The van der Waals surface area contributed by atoms with Gasteiger partial charge in [-0.05, 0) is 30.7 Å². The number of nitrogens with zero attached hydrogens (tertiary/aromatic N) is 4. The van der Waals surface area contributed by atoms with E-state index in [1.807, 2.05) is 13.0 Å². The van der Waals surface area contributed by atoms with E-state index >= 15 is 0 Å². The predicted octanol–water partition coefficient (Wildman–Crippen LogP) is 4.38. The van der Waals surface area contributed by atoms with Crippen molar-refractivity contribution < 1.29 is 4.39 Å². The number of anilines is 1. The molecule has 0 amide bonds. The van der Waals surface area contributed by atoms with Crippen molar-refractivity contribution in [2.24, 2.45) is 0 Å². The lowest BCUT2D eigenvalue weighted by Crippen LogP contribution is -2.10. The molecular formula is C18H13ClFN5. The number of nitrogens with one attached hydrogen (secondary N) is 1. The van der Waals surface area contributed by atoms with Crippen LogP contribution in [0.3, 0.4) is 0 Å². The summed E-state index contributed by atoms with van der Waals surface area (Å²) in [7, 11) is 0. The van der Waals surface area contributed by atoms with Gasteiger partial charge in [-0.3, -0.25) is 4.98 Å². The summed E-state index contributed by atoms with van der Waals surface area (Å²) in [6.45, 7) is 1.91. The Morgan fingerprint density at radius 1 is 1.16 bits per heavy atom. The number of halogens is 2. The molecule has 0 unspecified atom stereocenters. The van der Waals surface area contributed by atoms with Crippen molar-refractivity contribution in [1.29, 1.82) is 5.26 Å². The predicted molar refractivity (Wildman–Crippen MR) is 93.4 cm³/mol. The smallest absolute Gasteiger partial charge is 0.225 e. The van der Waals surface area contributed by atoms with Gasteiger partial charge in [0.2, 0.25) is 5.95 Å². The first kappa shape index (κ1) is 16.8. The van der Waals surface area contributed by atoms with Crippen LogP contribution in [0.5, 0.6) is 0 Å². The third-order valence-electron chi connectivity index (χ3n) is 3.57. The molecule has 0 aliphatic rings. The Kier molecular flexibility index (Phi) is 4.87. The fraction of sp³-hybridized carbons (Fsp3) is 0.111. The first-order chi connectivity index (χ1) is 12.0. The summed E-state index contributed by atoms with van der Waals surface area (Å²) in [6, 6.07) is 11.4. The molecule has 3 rings (SSSR count). The van der Waals surface area contributed by atoms with Crippen molar-refractivity contribution in [3.63, 3.8) is 0 Å². The lowest BCUT2D eigenvalue weighted by Gasteiger charge is -2.15. The average molecular weight is 354 g/mol. The van der Waals surface area contributed by atoms with Gasteiger partial charge in [-0.15, -0.1) is 0 Å². The van der Waals surface area contributed by atoms with Gasteiger partial charge in [-0.1, -0.05) is 23.7 Å². The molecular weight excluding hydrogens is 341 g/mol. The van der Waals surface area contributed by atoms with Gasteiger partial charge >= 0.3 is 0 Å². The van der Waals surface area contributed by atoms with Crippen LogP contribution in [0.1, 0.15) is 24.1 Å². The fourth-order valence-electron chi connectivity index (χ4n) is 2.30. The number of aromatic nitrogens is 3. The minimum Gasteiger partial charge on any atom is -0.348 e. The molecule has 0 radical (unpaired) electrons. The van der Waals surface area contributed by atoms with E-state index in [0.717, 1.165) is 5.56 Å². The molecule has 0 aliphatic heterocycles. The van der Waals surface area contributed by atoms with Gasteiger partial charge in [-0.25, -0.2) is 14.4 Å². The summed E-state index contributed by atoms with van der Waals surface area (Å²) in [4.78, 5) is 12.6. The maximum absolute atomic E-state index is 13.0. The Morgan fingerprint density at radius 3 is 2.64 bits per heavy atom. The van der Waals surface area contributed by atoms with Crippen LogP contribution in [0.4, 0.5) is 10.3 Å². The van der Waals surface area contributed by atoms with E-state index in [9.17, 15) is 4.39 Å². The second-order valence-electron chi connectivity index (χ2n) is 5.39. The number of benzene rings is 1. The summed E-state index contributed by atoms with van der Waals surface area (Å²) >= 11 is 6.10. The van der Waals surface area contributed by atoms with E-state index < -0.39 is 0 Å². The summed E-state index contributed by atoms with van der Waals surface area (Å²) in [5, 5.41) is 12.4. The minimum absolute atomic E-state index is 0.143. The van der Waals surface area contributed by atoms with Crippen molar-refractivity contribution in [1.82, 2.24) is 15.0 Å². The van der Waals surface area contributed by atoms with E-state index in [0.29, 0.717) is 22.8 Å². The molecule has 0 saturated carbocycles. The third kappa shape index (κ3) is 4.08. The Labute approximate surface area is 149 Å². The van der Waals surface area contributed by atoms with Crippen LogP contribution in [-0.2, 0) is 0 Å². The molecule has 1 atom stereocenters. The van der Waals surface area contributed by atoms with Crippen molar-refractivity contribution in [2.45, 2.75) is 13.0 Å². The van der Waals surface area contributed by atoms with Crippen LogP contribution in [0.25, 0.3) is 11.3 Å². The van der Waals surface area contributed by atoms with Gasteiger partial charge in [0.1, 0.15) is 17.0 Å². The normalized spacial score (nSPS) is 11.6. The van der Waals surface area contributed by atoms with E-state index in [1.54, 1.807) is 30.5 Å². The van der Waals surface area contributed by atoms with Gasteiger partial charge in [-0.2, -0.15) is 5.26 Å².